The van der Waals surface area contributed by atoms with Crippen molar-refractivity contribution in [1.82, 2.24) is 19.9 Å². The van der Waals surface area contributed by atoms with E-state index in [2.05, 4.69) is 21.1 Å². The Kier molecular flexibility index (Phi) is 5.98. The molecular weight excluding hydrogens is 386 g/mol. The van der Waals surface area contributed by atoms with Gasteiger partial charge in [-0.05, 0) is 29.1 Å². The van der Waals surface area contributed by atoms with E-state index in [1.165, 1.54) is 5.56 Å². The van der Waals surface area contributed by atoms with Crippen LogP contribution in [-0.4, -0.2) is 52.0 Å². The van der Waals surface area contributed by atoms with Crippen LogP contribution in [0.5, 0.6) is 0 Å². The Hall–Kier alpha value is -3.02. The summed E-state index contributed by atoms with van der Waals surface area (Å²) in [6.45, 7) is 3.96. The summed E-state index contributed by atoms with van der Waals surface area (Å²) >= 11 is 1.58. The highest BCUT2D eigenvalue weighted by atomic mass is 32.1. The summed E-state index contributed by atoms with van der Waals surface area (Å²) in [5.74, 6) is 1.20. The summed E-state index contributed by atoms with van der Waals surface area (Å²) in [6, 6.07) is 11.8. The van der Waals surface area contributed by atoms with Crippen LogP contribution >= 0.6 is 11.3 Å². The molecule has 0 unspecified atom stereocenters. The third-order valence-electron chi connectivity index (χ3n) is 5.01. The van der Waals surface area contributed by atoms with Crippen LogP contribution in [-0.2, 0) is 17.8 Å². The average molecular weight is 407 g/mol. The molecule has 1 aromatic carbocycles. The first-order chi connectivity index (χ1) is 14.2. The predicted molar refractivity (Wildman–Crippen MR) is 109 cm³/mol. The molecule has 148 valence electrons. The second-order valence-electron chi connectivity index (χ2n) is 6.99. The van der Waals surface area contributed by atoms with Gasteiger partial charge in [-0.25, -0.2) is 0 Å². The largest absolute Gasteiger partial charge is 0.340 e. The zero-order valence-electron chi connectivity index (χ0n) is 16.0. The number of piperazine rings is 1. The van der Waals surface area contributed by atoms with Crippen molar-refractivity contribution in [2.24, 2.45) is 0 Å². The molecular formula is C21H21N5O2S. The first-order valence-electron chi connectivity index (χ1n) is 9.55. The molecule has 4 rings (SSSR count). The Morgan fingerprint density at radius 1 is 1.17 bits per heavy atom. The van der Waals surface area contributed by atoms with Gasteiger partial charge in [0.25, 0.3) is 0 Å². The molecule has 0 aliphatic carbocycles. The van der Waals surface area contributed by atoms with Crippen molar-refractivity contribution in [3.63, 3.8) is 0 Å². The fourth-order valence-electron chi connectivity index (χ4n) is 3.34. The Balaban J connectivity index is 1.22. The van der Waals surface area contributed by atoms with Gasteiger partial charge in [-0.3, -0.25) is 9.69 Å². The van der Waals surface area contributed by atoms with E-state index < -0.39 is 0 Å². The highest BCUT2D eigenvalue weighted by molar-refractivity contribution is 7.08. The third kappa shape index (κ3) is 4.88. The summed E-state index contributed by atoms with van der Waals surface area (Å²) in [5, 5.41) is 16.8. The number of hydrogen-bond donors (Lipinski definition) is 0. The van der Waals surface area contributed by atoms with E-state index in [4.69, 9.17) is 9.78 Å². The van der Waals surface area contributed by atoms with Gasteiger partial charge in [0.15, 0.2) is 0 Å². The number of benzene rings is 1. The Morgan fingerprint density at radius 2 is 1.97 bits per heavy atom. The van der Waals surface area contributed by atoms with Gasteiger partial charge in [-0.2, -0.15) is 21.6 Å². The summed E-state index contributed by atoms with van der Waals surface area (Å²) in [4.78, 5) is 21.1. The van der Waals surface area contributed by atoms with Gasteiger partial charge in [-0.15, -0.1) is 0 Å². The molecule has 0 radical (unpaired) electrons. The molecule has 1 saturated heterocycles. The minimum absolute atomic E-state index is 0.123. The zero-order valence-corrected chi connectivity index (χ0v) is 16.8. The fourth-order valence-corrected chi connectivity index (χ4v) is 3.97. The molecule has 0 saturated carbocycles. The van der Waals surface area contributed by atoms with Crippen molar-refractivity contribution < 1.29 is 9.32 Å². The summed E-state index contributed by atoms with van der Waals surface area (Å²) in [7, 11) is 0. The van der Waals surface area contributed by atoms with Gasteiger partial charge in [0.05, 0.1) is 11.6 Å². The number of hydrogen-bond acceptors (Lipinski definition) is 7. The van der Waals surface area contributed by atoms with E-state index in [1.54, 1.807) is 11.3 Å². The average Bonchev–Trinajstić information content (AvgIpc) is 3.45. The lowest BCUT2D eigenvalue weighted by Crippen LogP contribution is -2.48. The van der Waals surface area contributed by atoms with E-state index in [-0.39, 0.29) is 5.91 Å². The number of aryl methyl sites for hydroxylation is 1. The van der Waals surface area contributed by atoms with Gasteiger partial charge in [-0.1, -0.05) is 17.3 Å². The van der Waals surface area contributed by atoms with Crippen LogP contribution in [0.3, 0.4) is 0 Å². The van der Waals surface area contributed by atoms with Gasteiger partial charge >= 0.3 is 0 Å². The highest BCUT2D eigenvalue weighted by Crippen LogP contribution is 2.19. The van der Waals surface area contributed by atoms with Crippen LogP contribution in [0.15, 0.2) is 45.6 Å². The van der Waals surface area contributed by atoms with Crippen molar-refractivity contribution in [1.29, 1.82) is 5.26 Å². The van der Waals surface area contributed by atoms with Crippen LogP contribution in [0.1, 0.15) is 23.4 Å². The van der Waals surface area contributed by atoms with E-state index in [0.29, 0.717) is 30.1 Å². The van der Waals surface area contributed by atoms with Crippen molar-refractivity contribution in [3.8, 4) is 17.5 Å². The minimum Gasteiger partial charge on any atom is -0.340 e. The molecule has 0 atom stereocenters. The van der Waals surface area contributed by atoms with Crippen LogP contribution < -0.4 is 0 Å². The molecule has 1 aliphatic rings. The molecule has 2 aromatic heterocycles. The number of nitriles is 1. The second kappa shape index (κ2) is 8.99. The summed E-state index contributed by atoms with van der Waals surface area (Å²) in [5.41, 5.74) is 2.80. The lowest BCUT2D eigenvalue weighted by molar-refractivity contribution is -0.133. The molecule has 3 aromatic rings. The van der Waals surface area contributed by atoms with Gasteiger partial charge < -0.3 is 9.42 Å². The lowest BCUT2D eigenvalue weighted by Gasteiger charge is -2.34. The number of carbonyl (C=O) groups excluding carboxylic acids is 1. The molecule has 1 aliphatic heterocycles. The monoisotopic (exact) mass is 407 g/mol. The number of aromatic nitrogens is 2. The Morgan fingerprint density at radius 3 is 2.66 bits per heavy atom. The van der Waals surface area contributed by atoms with Crippen molar-refractivity contribution >= 4 is 17.2 Å². The number of thiophene rings is 1. The van der Waals surface area contributed by atoms with Gasteiger partial charge in [0.1, 0.15) is 0 Å². The van der Waals surface area contributed by atoms with Crippen LogP contribution in [0.2, 0.25) is 0 Å². The molecule has 0 spiro atoms. The zero-order chi connectivity index (χ0) is 20.1. The molecule has 7 nitrogen and oxygen atoms in total. The Labute approximate surface area is 173 Å². The number of rotatable bonds is 6. The first-order valence-corrected chi connectivity index (χ1v) is 10.5. The van der Waals surface area contributed by atoms with Crippen LogP contribution in [0.4, 0.5) is 0 Å². The minimum atomic E-state index is 0.123. The molecule has 29 heavy (non-hydrogen) atoms. The number of amides is 1. The van der Waals surface area contributed by atoms with Crippen molar-refractivity contribution in [2.75, 3.05) is 26.2 Å². The molecule has 3 heterocycles. The topological polar surface area (TPSA) is 86.3 Å². The summed E-state index contributed by atoms with van der Waals surface area (Å²) < 4.78 is 5.27. The predicted octanol–water partition coefficient (Wildman–Crippen LogP) is 2.95. The Bertz CT molecular complexity index is 983. The number of nitrogens with zero attached hydrogens (tertiary/aromatic N) is 5. The normalized spacial score (nSPS) is 14.7. The SMILES string of the molecule is N#Cc1ccc(CN2CCN(C(=O)CCc3nc(-c4ccsc4)no3)CC2)cc1. The lowest BCUT2D eigenvalue weighted by atomic mass is 10.1. The maximum atomic E-state index is 12.5. The molecule has 8 heteroatoms. The first kappa shape index (κ1) is 19.3. The smallest absolute Gasteiger partial charge is 0.227 e. The van der Waals surface area contributed by atoms with Gasteiger partial charge in [0, 0.05) is 56.5 Å². The van der Waals surface area contributed by atoms with Crippen LogP contribution in [0.25, 0.3) is 11.4 Å². The second-order valence-corrected chi connectivity index (χ2v) is 7.77. The molecule has 0 bridgehead atoms. The van der Waals surface area contributed by atoms with E-state index >= 15 is 0 Å². The third-order valence-corrected chi connectivity index (χ3v) is 5.70. The molecule has 0 N–H and O–H groups in total. The highest BCUT2D eigenvalue weighted by Gasteiger charge is 2.21. The summed E-state index contributed by atoms with van der Waals surface area (Å²) in [6.07, 6.45) is 0.836. The van der Waals surface area contributed by atoms with Gasteiger partial charge in [0.2, 0.25) is 17.6 Å². The van der Waals surface area contributed by atoms with Crippen molar-refractivity contribution in [3.05, 3.63) is 58.1 Å². The number of carbonyl (C=O) groups is 1. The fraction of sp³-hybridized carbons (Fsp3) is 0.333. The molecule has 1 fully saturated rings. The van der Waals surface area contributed by atoms with Crippen LogP contribution in [0, 0.1) is 11.3 Å². The quantitative estimate of drug-likeness (QED) is 0.624. The van der Waals surface area contributed by atoms with E-state index in [9.17, 15) is 4.79 Å². The van der Waals surface area contributed by atoms with E-state index in [1.807, 2.05) is 46.0 Å². The van der Waals surface area contributed by atoms with Crippen molar-refractivity contribution in [2.45, 2.75) is 19.4 Å². The molecule has 1 amide bonds. The van der Waals surface area contributed by atoms with E-state index in [0.717, 1.165) is 38.3 Å². The standard InChI is InChI=1S/C21H21N5O2S/c22-13-16-1-3-17(4-2-16)14-25-8-10-26(11-9-25)20(27)6-5-19-23-21(24-28-19)18-7-12-29-15-18/h1-4,7,12,15H,5-6,8-11,14H2. The maximum Gasteiger partial charge on any atom is 0.227 e. The maximum absolute atomic E-state index is 12.5.